The van der Waals surface area contributed by atoms with Crippen LogP contribution in [0.3, 0.4) is 0 Å². The molecule has 0 aliphatic carbocycles. The number of para-hydroxylation sites is 2. The smallest absolute Gasteiger partial charge is 0.260 e. The molecule has 5 aromatic rings. The van der Waals surface area contributed by atoms with Crippen molar-refractivity contribution in [2.24, 2.45) is 0 Å². The van der Waals surface area contributed by atoms with Crippen molar-refractivity contribution in [3.8, 4) is 11.1 Å². The highest BCUT2D eigenvalue weighted by Crippen LogP contribution is 2.33. The maximum Gasteiger partial charge on any atom is 0.260 e. The Morgan fingerprint density at radius 1 is 0.618 bits per heavy atom. The van der Waals surface area contributed by atoms with Crippen molar-refractivity contribution in [1.29, 1.82) is 0 Å². The number of furan rings is 1. The van der Waals surface area contributed by atoms with E-state index >= 15 is 0 Å². The fourth-order valence-corrected chi connectivity index (χ4v) is 4.47. The number of fused-ring (bicyclic) bond motifs is 5. The molecule has 1 aromatic heterocycles. The average Bonchev–Trinajstić information content (AvgIpc) is 3.24. The second kappa shape index (κ2) is 8.18. The summed E-state index contributed by atoms with van der Waals surface area (Å²) in [5, 5.41) is 13.2. The van der Waals surface area contributed by atoms with Crippen LogP contribution in [0.5, 0.6) is 0 Å². The van der Waals surface area contributed by atoms with Crippen LogP contribution in [0.4, 0.5) is 5.69 Å². The van der Waals surface area contributed by atoms with E-state index in [1.165, 1.54) is 4.90 Å². The molecule has 34 heavy (non-hydrogen) atoms. The summed E-state index contributed by atoms with van der Waals surface area (Å²) in [6, 6.07) is 36.6. The molecule has 1 aliphatic heterocycles. The Bertz CT molecular complexity index is 1600. The van der Waals surface area contributed by atoms with Crippen molar-refractivity contribution < 1.29 is 14.3 Å². The van der Waals surface area contributed by atoms with E-state index in [1.54, 1.807) is 12.1 Å². The van der Waals surface area contributed by atoms with Gasteiger partial charge in [0.1, 0.15) is 11.2 Å². The molecular weight excluding hydrogens is 422 g/mol. The molecule has 1 atom stereocenters. The molecule has 1 amide bonds. The van der Waals surface area contributed by atoms with Crippen molar-refractivity contribution >= 4 is 33.5 Å². The van der Waals surface area contributed by atoms with Gasteiger partial charge in [0.15, 0.2) is 6.23 Å². The Morgan fingerprint density at radius 3 is 2.15 bits per heavy atom. The Kier molecular flexibility index (Phi) is 4.86. The molecular formula is C30H21NO3. The number of rotatable bonds is 2. The molecule has 4 nitrogen and oxygen atoms in total. The minimum absolute atomic E-state index is 0.234. The molecule has 1 N–H and O–H groups in total. The largest absolute Gasteiger partial charge is 0.456 e. The highest BCUT2D eigenvalue weighted by atomic mass is 16.3. The van der Waals surface area contributed by atoms with Gasteiger partial charge in [0, 0.05) is 27.6 Å². The Morgan fingerprint density at radius 2 is 1.29 bits per heavy atom. The van der Waals surface area contributed by atoms with Crippen molar-refractivity contribution in [3.63, 3.8) is 0 Å². The molecule has 0 spiro atoms. The van der Waals surface area contributed by atoms with Crippen LogP contribution in [0.15, 0.2) is 120 Å². The zero-order valence-corrected chi connectivity index (χ0v) is 18.3. The van der Waals surface area contributed by atoms with Gasteiger partial charge in [-0.15, -0.1) is 0 Å². The van der Waals surface area contributed by atoms with Gasteiger partial charge in [-0.05, 0) is 53.6 Å². The van der Waals surface area contributed by atoms with Crippen LogP contribution in [0.1, 0.15) is 22.1 Å². The van der Waals surface area contributed by atoms with Gasteiger partial charge >= 0.3 is 0 Å². The van der Waals surface area contributed by atoms with Crippen LogP contribution < -0.4 is 4.90 Å². The van der Waals surface area contributed by atoms with Gasteiger partial charge in [0.25, 0.3) is 5.91 Å². The van der Waals surface area contributed by atoms with Gasteiger partial charge in [-0.1, -0.05) is 72.8 Å². The molecule has 0 saturated carbocycles. The van der Waals surface area contributed by atoms with Crippen LogP contribution in [0.2, 0.25) is 0 Å². The first kappa shape index (κ1) is 20.2. The van der Waals surface area contributed by atoms with Gasteiger partial charge in [0.2, 0.25) is 0 Å². The summed E-state index contributed by atoms with van der Waals surface area (Å²) in [6.45, 7) is 0. The van der Waals surface area contributed by atoms with E-state index in [2.05, 4.69) is 12.1 Å². The standard InChI is InChI=1S/C30H21NO3/c32-29-22-9-5-4-8-20(14-15-23(18-22)30(33)31(29)24-10-2-1-3-11-24)21-16-17-28-26(19-21)25-12-6-7-13-27(25)34-28/h1-19,30,33H. The Labute approximate surface area is 196 Å². The molecule has 6 rings (SSSR count). The number of amides is 1. The first-order valence-corrected chi connectivity index (χ1v) is 11.2. The Balaban J connectivity index is 1.49. The number of carbonyl (C=O) groups excluding carboxylic acids is 1. The lowest BCUT2D eigenvalue weighted by Gasteiger charge is -2.31. The van der Waals surface area contributed by atoms with Crippen molar-refractivity contribution in [2.75, 3.05) is 4.90 Å². The topological polar surface area (TPSA) is 53.7 Å². The number of hydrogen-bond acceptors (Lipinski definition) is 3. The lowest BCUT2D eigenvalue weighted by molar-refractivity contribution is 0.0872. The predicted octanol–water partition coefficient (Wildman–Crippen LogP) is 7.03. The summed E-state index contributed by atoms with van der Waals surface area (Å²) < 4.78 is 5.97. The van der Waals surface area contributed by atoms with Crippen LogP contribution in [0.25, 0.3) is 33.1 Å². The van der Waals surface area contributed by atoms with Crippen LogP contribution in [-0.4, -0.2) is 11.0 Å². The van der Waals surface area contributed by atoms with E-state index in [0.717, 1.165) is 33.1 Å². The number of nitrogens with zero attached hydrogens (tertiary/aromatic N) is 1. The molecule has 0 radical (unpaired) electrons. The van der Waals surface area contributed by atoms with Gasteiger partial charge in [0.05, 0.1) is 0 Å². The summed E-state index contributed by atoms with van der Waals surface area (Å²) in [5.74, 6) is -0.234. The van der Waals surface area contributed by atoms with Crippen LogP contribution in [-0.2, 0) is 0 Å². The van der Waals surface area contributed by atoms with Gasteiger partial charge in [-0.2, -0.15) is 0 Å². The number of hydrogen-bond donors (Lipinski definition) is 1. The van der Waals surface area contributed by atoms with Crippen LogP contribution >= 0.6 is 0 Å². The van der Waals surface area contributed by atoms with E-state index in [1.807, 2.05) is 91.0 Å². The molecule has 1 aliphatic rings. The molecule has 4 aromatic carbocycles. The summed E-state index contributed by atoms with van der Waals surface area (Å²) in [6.07, 6.45) is -1.08. The lowest BCUT2D eigenvalue weighted by Crippen LogP contribution is -2.37. The maximum absolute atomic E-state index is 13.1. The monoisotopic (exact) mass is 443 g/mol. The molecule has 1 unspecified atom stereocenters. The molecule has 0 fully saturated rings. The zero-order valence-electron chi connectivity index (χ0n) is 18.3. The second-order valence-corrected chi connectivity index (χ2v) is 8.30. The number of aliphatic hydroxyl groups excluding tert-OH is 1. The molecule has 0 saturated heterocycles. The van der Waals surface area contributed by atoms with Crippen LogP contribution in [0, 0.1) is 0 Å². The first-order chi connectivity index (χ1) is 16.7. The summed E-state index contributed by atoms with van der Waals surface area (Å²) in [5.41, 5.74) is 5.55. The number of anilines is 1. The van der Waals surface area contributed by atoms with E-state index in [0.29, 0.717) is 16.8 Å². The quantitative estimate of drug-likeness (QED) is 0.319. The molecule has 4 heteroatoms. The number of carbonyl (C=O) groups is 1. The zero-order chi connectivity index (χ0) is 23.1. The van der Waals surface area contributed by atoms with Crippen molar-refractivity contribution in [3.05, 3.63) is 126 Å². The summed E-state index contributed by atoms with van der Waals surface area (Å²) in [4.78, 5) is 14.5. The maximum atomic E-state index is 13.1. The summed E-state index contributed by atoms with van der Waals surface area (Å²) >= 11 is 0. The normalized spacial score (nSPS) is 14.9. The third kappa shape index (κ3) is 3.41. The van der Waals surface area contributed by atoms with E-state index in [9.17, 15) is 9.90 Å². The predicted molar refractivity (Wildman–Crippen MR) is 135 cm³/mol. The average molecular weight is 444 g/mol. The van der Waals surface area contributed by atoms with Crippen molar-refractivity contribution in [1.82, 2.24) is 0 Å². The third-order valence-electron chi connectivity index (χ3n) is 6.19. The fraction of sp³-hybridized carbons (Fsp3) is 0.0333. The van der Waals surface area contributed by atoms with E-state index < -0.39 is 6.23 Å². The van der Waals surface area contributed by atoms with E-state index in [-0.39, 0.29) is 5.91 Å². The molecule has 2 heterocycles. The van der Waals surface area contributed by atoms with Gasteiger partial charge in [-0.25, -0.2) is 0 Å². The Hall–Kier alpha value is -4.41. The lowest BCUT2D eigenvalue weighted by atomic mass is 10.0. The third-order valence-corrected chi connectivity index (χ3v) is 6.19. The minimum Gasteiger partial charge on any atom is -0.456 e. The summed E-state index contributed by atoms with van der Waals surface area (Å²) in [7, 11) is 0. The molecule has 164 valence electrons. The SMILES string of the molecule is O=C1c2ccccc(-c3ccc4oc5ccccc5c4c3)ccc(c2)C(O)N1c1ccccc1. The first-order valence-electron chi connectivity index (χ1n) is 11.2. The number of benzene rings is 3. The second-order valence-electron chi connectivity index (χ2n) is 8.30. The molecule has 2 bridgehead atoms. The highest BCUT2D eigenvalue weighted by molar-refractivity contribution is 6.08. The fourth-order valence-electron chi connectivity index (χ4n) is 4.47. The van der Waals surface area contributed by atoms with Crippen molar-refractivity contribution in [2.45, 2.75) is 6.23 Å². The minimum atomic E-state index is -1.08. The van der Waals surface area contributed by atoms with E-state index in [4.69, 9.17) is 4.42 Å². The number of aliphatic hydroxyl groups is 1. The van der Waals surface area contributed by atoms with Gasteiger partial charge in [-0.3, -0.25) is 9.69 Å². The highest BCUT2D eigenvalue weighted by Gasteiger charge is 2.29. The van der Waals surface area contributed by atoms with Gasteiger partial charge < -0.3 is 9.52 Å².